The minimum atomic E-state index is -0.368. The first kappa shape index (κ1) is 26.6. The van der Waals surface area contributed by atoms with Gasteiger partial charge in [-0.1, -0.05) is 11.6 Å². The van der Waals surface area contributed by atoms with Gasteiger partial charge in [0.25, 0.3) is 17.7 Å². The van der Waals surface area contributed by atoms with Crippen molar-refractivity contribution >= 4 is 57.9 Å². The Labute approximate surface area is 212 Å². The molecule has 3 rings (SSSR count). The standard InChI is InChI=1S/C23H28ClN5O5S/c1-28(2)10-9-26-22(32)16-13-15(29-11-12-34-14-21(29)31)3-4-17(16)27-20(30)7-8-25-23(33)18-5-6-19(24)35-18/h3-6,13H,7-12,14H2,1-2H3,(H,25,33)(H,26,32)(H,27,30). The Hall–Kier alpha value is -2.99. The lowest BCUT2D eigenvalue weighted by molar-refractivity contribution is -0.125. The zero-order chi connectivity index (χ0) is 25.4. The average molecular weight is 522 g/mol. The summed E-state index contributed by atoms with van der Waals surface area (Å²) in [5, 5.41) is 8.25. The monoisotopic (exact) mass is 521 g/mol. The van der Waals surface area contributed by atoms with Gasteiger partial charge >= 0.3 is 0 Å². The molecule has 0 spiro atoms. The summed E-state index contributed by atoms with van der Waals surface area (Å²) < 4.78 is 5.68. The summed E-state index contributed by atoms with van der Waals surface area (Å²) in [6.45, 7) is 1.93. The van der Waals surface area contributed by atoms with Crippen LogP contribution in [-0.4, -0.2) is 82.0 Å². The van der Waals surface area contributed by atoms with Crippen molar-refractivity contribution in [2.24, 2.45) is 0 Å². The topological polar surface area (TPSA) is 120 Å². The van der Waals surface area contributed by atoms with Crippen LogP contribution in [0.4, 0.5) is 11.4 Å². The highest BCUT2D eigenvalue weighted by molar-refractivity contribution is 7.18. The number of nitrogens with one attached hydrogen (secondary N) is 3. The second kappa shape index (κ2) is 12.6. The van der Waals surface area contributed by atoms with E-state index in [4.69, 9.17) is 16.3 Å². The Bertz CT molecular complexity index is 1090. The van der Waals surface area contributed by atoms with Crippen molar-refractivity contribution in [2.45, 2.75) is 6.42 Å². The number of hydrogen-bond donors (Lipinski definition) is 3. The van der Waals surface area contributed by atoms with Crippen molar-refractivity contribution in [1.82, 2.24) is 15.5 Å². The van der Waals surface area contributed by atoms with Gasteiger partial charge in [-0.2, -0.15) is 0 Å². The number of ether oxygens (including phenoxy) is 1. The molecule has 1 aromatic carbocycles. The molecule has 35 heavy (non-hydrogen) atoms. The van der Waals surface area contributed by atoms with Crippen LogP contribution in [-0.2, 0) is 14.3 Å². The lowest BCUT2D eigenvalue weighted by Gasteiger charge is -2.27. The molecule has 0 radical (unpaired) electrons. The van der Waals surface area contributed by atoms with Gasteiger partial charge in [0, 0.05) is 38.3 Å². The van der Waals surface area contributed by atoms with Crippen LogP contribution in [0.15, 0.2) is 30.3 Å². The number of carbonyl (C=O) groups excluding carboxylic acids is 4. The van der Waals surface area contributed by atoms with Crippen molar-refractivity contribution in [2.75, 3.05) is 63.7 Å². The van der Waals surface area contributed by atoms with Gasteiger partial charge in [0.05, 0.1) is 27.1 Å². The largest absolute Gasteiger partial charge is 0.370 e. The maximum atomic E-state index is 12.9. The molecule has 2 heterocycles. The number of rotatable bonds is 10. The summed E-state index contributed by atoms with van der Waals surface area (Å²) in [4.78, 5) is 53.8. The number of morpholine rings is 1. The van der Waals surface area contributed by atoms with Gasteiger partial charge in [-0.15, -0.1) is 11.3 Å². The highest BCUT2D eigenvalue weighted by Crippen LogP contribution is 2.25. The van der Waals surface area contributed by atoms with E-state index in [-0.39, 0.29) is 48.8 Å². The number of carbonyl (C=O) groups is 4. The first-order chi connectivity index (χ1) is 16.7. The summed E-state index contributed by atoms with van der Waals surface area (Å²) in [5.74, 6) is -1.25. The van der Waals surface area contributed by atoms with E-state index < -0.39 is 0 Å². The summed E-state index contributed by atoms with van der Waals surface area (Å²) in [6, 6.07) is 8.12. The third kappa shape index (κ3) is 7.76. The van der Waals surface area contributed by atoms with Crippen LogP contribution < -0.4 is 20.9 Å². The van der Waals surface area contributed by atoms with Crippen LogP contribution >= 0.6 is 22.9 Å². The fourth-order valence-electron chi connectivity index (χ4n) is 3.30. The Morgan fingerprint density at radius 2 is 1.89 bits per heavy atom. The molecule has 1 saturated heterocycles. The molecule has 188 valence electrons. The predicted molar refractivity (Wildman–Crippen MR) is 135 cm³/mol. The second-order valence-electron chi connectivity index (χ2n) is 8.04. The number of benzene rings is 1. The lowest BCUT2D eigenvalue weighted by atomic mass is 10.1. The van der Waals surface area contributed by atoms with Crippen LogP contribution in [0.2, 0.25) is 4.34 Å². The number of nitrogens with zero attached hydrogens (tertiary/aromatic N) is 2. The number of halogens is 1. The first-order valence-electron chi connectivity index (χ1n) is 11.0. The number of likely N-dealkylation sites (N-methyl/N-ethyl adjacent to an activating group) is 1. The third-order valence-corrected chi connectivity index (χ3v) is 6.33. The molecule has 3 N–H and O–H groups in total. The van der Waals surface area contributed by atoms with Crippen LogP contribution in [0.25, 0.3) is 0 Å². The van der Waals surface area contributed by atoms with E-state index in [9.17, 15) is 19.2 Å². The normalized spacial score (nSPS) is 13.6. The molecule has 0 unspecified atom stereocenters. The number of hydrogen-bond acceptors (Lipinski definition) is 7. The van der Waals surface area contributed by atoms with Gasteiger partial charge in [-0.3, -0.25) is 19.2 Å². The quantitative estimate of drug-likeness (QED) is 0.438. The van der Waals surface area contributed by atoms with Crippen molar-refractivity contribution < 1.29 is 23.9 Å². The van der Waals surface area contributed by atoms with Crippen molar-refractivity contribution in [1.29, 1.82) is 0 Å². The SMILES string of the molecule is CN(C)CCNC(=O)c1cc(N2CCOCC2=O)ccc1NC(=O)CCNC(=O)c1ccc(Cl)s1. The molecule has 1 fully saturated rings. The summed E-state index contributed by atoms with van der Waals surface area (Å²) in [5.41, 5.74) is 1.11. The second-order valence-corrected chi connectivity index (χ2v) is 9.76. The highest BCUT2D eigenvalue weighted by atomic mass is 35.5. The summed E-state index contributed by atoms with van der Waals surface area (Å²) in [6.07, 6.45) is 0.0102. The molecular weight excluding hydrogens is 494 g/mol. The van der Waals surface area contributed by atoms with E-state index >= 15 is 0 Å². The van der Waals surface area contributed by atoms with Crippen LogP contribution in [0.1, 0.15) is 26.5 Å². The molecule has 1 aliphatic rings. The zero-order valence-corrected chi connectivity index (χ0v) is 21.1. The minimum absolute atomic E-state index is 0.0102. The molecule has 1 aromatic heterocycles. The maximum Gasteiger partial charge on any atom is 0.261 e. The van der Waals surface area contributed by atoms with Gasteiger partial charge < -0.3 is 30.5 Å². The Morgan fingerprint density at radius 1 is 1.11 bits per heavy atom. The molecule has 0 bridgehead atoms. The lowest BCUT2D eigenvalue weighted by Crippen LogP contribution is -2.41. The zero-order valence-electron chi connectivity index (χ0n) is 19.6. The summed E-state index contributed by atoms with van der Waals surface area (Å²) >= 11 is 7.00. The van der Waals surface area contributed by atoms with E-state index in [1.165, 1.54) is 0 Å². The average Bonchev–Trinajstić information content (AvgIpc) is 3.26. The van der Waals surface area contributed by atoms with E-state index in [2.05, 4.69) is 16.0 Å². The molecule has 0 saturated carbocycles. The van der Waals surface area contributed by atoms with Crippen molar-refractivity contribution in [3.8, 4) is 0 Å². The van der Waals surface area contributed by atoms with Crippen LogP contribution in [0.5, 0.6) is 0 Å². The van der Waals surface area contributed by atoms with E-state index in [0.717, 1.165) is 11.3 Å². The number of thiophene rings is 1. The van der Waals surface area contributed by atoms with Crippen molar-refractivity contribution in [3.63, 3.8) is 0 Å². The Morgan fingerprint density at radius 3 is 2.57 bits per heavy atom. The smallest absolute Gasteiger partial charge is 0.261 e. The van der Waals surface area contributed by atoms with Crippen LogP contribution in [0, 0.1) is 0 Å². The molecule has 10 nitrogen and oxygen atoms in total. The molecule has 2 aromatic rings. The van der Waals surface area contributed by atoms with Crippen LogP contribution in [0.3, 0.4) is 0 Å². The first-order valence-corrected chi connectivity index (χ1v) is 12.2. The molecule has 12 heteroatoms. The molecule has 4 amide bonds. The van der Waals surface area contributed by atoms with E-state index in [1.54, 1.807) is 35.2 Å². The number of amides is 4. The maximum absolute atomic E-state index is 12.9. The Kier molecular flexibility index (Phi) is 9.61. The summed E-state index contributed by atoms with van der Waals surface area (Å²) in [7, 11) is 3.79. The highest BCUT2D eigenvalue weighted by Gasteiger charge is 2.23. The minimum Gasteiger partial charge on any atom is -0.370 e. The fraction of sp³-hybridized carbons (Fsp3) is 0.391. The predicted octanol–water partition coefficient (Wildman–Crippen LogP) is 1.81. The van der Waals surface area contributed by atoms with Gasteiger partial charge in [-0.05, 0) is 44.4 Å². The van der Waals surface area contributed by atoms with Gasteiger partial charge in [0.2, 0.25) is 5.91 Å². The molecule has 0 aliphatic carbocycles. The Balaban J connectivity index is 1.67. The van der Waals surface area contributed by atoms with Gasteiger partial charge in [0.15, 0.2) is 0 Å². The molecule has 0 atom stereocenters. The van der Waals surface area contributed by atoms with Gasteiger partial charge in [0.1, 0.15) is 6.61 Å². The molecule has 1 aliphatic heterocycles. The third-order valence-electron chi connectivity index (χ3n) is 5.10. The van der Waals surface area contributed by atoms with Gasteiger partial charge in [-0.25, -0.2) is 0 Å². The van der Waals surface area contributed by atoms with E-state index in [0.29, 0.717) is 46.8 Å². The fourth-order valence-corrected chi connectivity index (χ4v) is 4.26. The molecular formula is C23H28ClN5O5S. The number of anilines is 2. The van der Waals surface area contributed by atoms with E-state index in [1.807, 2.05) is 19.0 Å². The van der Waals surface area contributed by atoms with Crippen molar-refractivity contribution in [3.05, 3.63) is 45.1 Å².